The molecule has 3 aliphatic rings. The average molecular weight is 756 g/mol. The Morgan fingerprint density at radius 3 is 1.92 bits per heavy atom. The Kier molecular flexibility index (Phi) is 8.52. The average Bonchev–Trinajstić information content (AvgIpc) is 3.60. The highest BCUT2D eigenvalue weighted by molar-refractivity contribution is 5.98. The number of nitrogens with zero attached hydrogens (tertiary/aromatic N) is 2. The van der Waals surface area contributed by atoms with Gasteiger partial charge in [0.2, 0.25) is 0 Å². The zero-order valence-electron chi connectivity index (χ0n) is 32.6. The van der Waals surface area contributed by atoms with E-state index in [2.05, 4.69) is 223 Å². The van der Waals surface area contributed by atoms with Crippen LogP contribution in [0.15, 0.2) is 223 Å². The molecule has 0 saturated heterocycles. The maximum absolute atomic E-state index is 4.96. The lowest BCUT2D eigenvalue weighted by atomic mass is 9.65. The summed E-state index contributed by atoms with van der Waals surface area (Å²) < 4.78 is 0. The van der Waals surface area contributed by atoms with Gasteiger partial charge in [-0.1, -0.05) is 170 Å². The van der Waals surface area contributed by atoms with Crippen LogP contribution in [-0.2, 0) is 11.8 Å². The van der Waals surface area contributed by atoms with Gasteiger partial charge in [0.05, 0.1) is 22.5 Å². The standard InChI is InChI=1S/C56H41N3/c1-3-15-39(16-4-1)35-45-18-7-10-25-52(45)58-38-40-17-13-19-43(36-40)41-28-30-42(31-29-41)44-32-33-47-48-22-14-34-57-55(48)56(51(47)37-44)49-23-8-11-26-53(49)59(46-20-5-2-6-21-46)54-27-12-9-24-50(54)56/h1-33,36-38,57H,34-35H2/b58-38+. The Labute approximate surface area is 346 Å². The van der Waals surface area contributed by atoms with Crippen molar-refractivity contribution in [3.63, 3.8) is 0 Å². The molecule has 0 radical (unpaired) electrons. The molecule has 1 aliphatic carbocycles. The SMILES string of the molecule is C1=CC2=C(NC1)C1(c3cc(-c4ccc(-c5cccc(/C=N/c6ccccc6Cc6ccccc6)c5)cc4)ccc32)c2ccccc2N(c2ccccc2)c2ccccc21. The van der Waals surface area contributed by atoms with E-state index in [1.165, 1.54) is 78.3 Å². The van der Waals surface area contributed by atoms with E-state index in [4.69, 9.17) is 4.99 Å². The molecule has 0 bridgehead atoms. The van der Waals surface area contributed by atoms with Crippen LogP contribution in [-0.4, -0.2) is 12.8 Å². The van der Waals surface area contributed by atoms with E-state index < -0.39 is 5.41 Å². The Morgan fingerprint density at radius 2 is 1.17 bits per heavy atom. The quantitative estimate of drug-likeness (QED) is 0.164. The zero-order valence-corrected chi connectivity index (χ0v) is 32.6. The number of benzene rings is 8. The molecule has 0 fully saturated rings. The molecule has 11 rings (SSSR count). The van der Waals surface area contributed by atoms with Crippen molar-refractivity contribution in [2.75, 3.05) is 11.4 Å². The van der Waals surface area contributed by atoms with Gasteiger partial charge in [0.25, 0.3) is 0 Å². The third-order valence-corrected chi connectivity index (χ3v) is 12.2. The first kappa shape index (κ1) is 34.7. The van der Waals surface area contributed by atoms with Crippen molar-refractivity contribution in [1.82, 2.24) is 5.32 Å². The lowest BCUT2D eigenvalue weighted by Crippen LogP contribution is -2.41. The maximum atomic E-state index is 4.96. The normalized spacial score (nSPS) is 14.5. The van der Waals surface area contributed by atoms with Gasteiger partial charge in [0.15, 0.2) is 0 Å². The highest BCUT2D eigenvalue weighted by Gasteiger charge is 2.53. The van der Waals surface area contributed by atoms with E-state index in [1.807, 2.05) is 6.21 Å². The predicted octanol–water partition coefficient (Wildman–Crippen LogP) is 13.4. The van der Waals surface area contributed by atoms with Gasteiger partial charge in [-0.25, -0.2) is 0 Å². The van der Waals surface area contributed by atoms with Gasteiger partial charge >= 0.3 is 0 Å². The molecule has 0 amide bonds. The minimum absolute atomic E-state index is 0.506. The van der Waals surface area contributed by atoms with Gasteiger partial charge in [0, 0.05) is 29.7 Å². The lowest BCUT2D eigenvalue weighted by molar-refractivity contribution is 0.659. The first-order chi connectivity index (χ1) is 29.3. The number of hydrogen-bond acceptors (Lipinski definition) is 3. The van der Waals surface area contributed by atoms with E-state index in [1.54, 1.807) is 0 Å². The van der Waals surface area contributed by atoms with Gasteiger partial charge in [-0.05, 0) is 110 Å². The second kappa shape index (κ2) is 14.5. The monoisotopic (exact) mass is 755 g/mol. The number of allylic oxidation sites excluding steroid dienone is 3. The fraction of sp³-hybridized carbons (Fsp3) is 0.0536. The summed E-state index contributed by atoms with van der Waals surface area (Å²) in [5.41, 5.74) is 20.1. The summed E-state index contributed by atoms with van der Waals surface area (Å²) in [5, 5.41) is 3.91. The second-order valence-electron chi connectivity index (χ2n) is 15.5. The molecule has 1 spiro atoms. The summed E-state index contributed by atoms with van der Waals surface area (Å²) in [6.45, 7) is 0.796. The molecule has 0 saturated carbocycles. The Bertz CT molecular complexity index is 2910. The van der Waals surface area contributed by atoms with E-state index in [0.29, 0.717) is 0 Å². The summed E-state index contributed by atoms with van der Waals surface area (Å²) >= 11 is 0. The summed E-state index contributed by atoms with van der Waals surface area (Å²) in [7, 11) is 0. The van der Waals surface area contributed by atoms with E-state index in [0.717, 1.165) is 29.9 Å². The molecule has 280 valence electrons. The second-order valence-corrected chi connectivity index (χ2v) is 15.5. The summed E-state index contributed by atoms with van der Waals surface area (Å²) in [4.78, 5) is 7.39. The lowest BCUT2D eigenvalue weighted by Gasteiger charge is -2.46. The fourth-order valence-electron chi connectivity index (χ4n) is 9.54. The largest absolute Gasteiger partial charge is 0.383 e. The number of fused-ring (bicyclic) bond motifs is 8. The van der Waals surface area contributed by atoms with Gasteiger partial charge in [0.1, 0.15) is 0 Å². The van der Waals surface area contributed by atoms with Gasteiger partial charge in [-0.15, -0.1) is 0 Å². The van der Waals surface area contributed by atoms with Crippen LogP contribution >= 0.6 is 0 Å². The topological polar surface area (TPSA) is 27.6 Å². The van der Waals surface area contributed by atoms with E-state index in [-0.39, 0.29) is 0 Å². The number of nitrogens with one attached hydrogen (secondary N) is 1. The summed E-state index contributed by atoms with van der Waals surface area (Å²) in [6, 6.07) is 72.5. The molecule has 3 heteroatoms. The number of rotatable bonds is 7. The molecular weight excluding hydrogens is 715 g/mol. The molecule has 8 aromatic rings. The van der Waals surface area contributed by atoms with Crippen LogP contribution in [0, 0.1) is 0 Å². The molecule has 3 nitrogen and oxygen atoms in total. The summed E-state index contributed by atoms with van der Waals surface area (Å²) in [5.74, 6) is 0. The van der Waals surface area contributed by atoms with Crippen molar-refractivity contribution in [3.05, 3.63) is 257 Å². The maximum Gasteiger partial charge on any atom is 0.0901 e. The molecule has 0 aromatic heterocycles. The number of anilines is 3. The van der Waals surface area contributed by atoms with Crippen molar-refractivity contribution < 1.29 is 0 Å². The van der Waals surface area contributed by atoms with E-state index in [9.17, 15) is 0 Å². The van der Waals surface area contributed by atoms with Crippen molar-refractivity contribution in [1.29, 1.82) is 0 Å². The van der Waals surface area contributed by atoms with Gasteiger partial charge in [-0.2, -0.15) is 0 Å². The minimum atomic E-state index is -0.506. The molecule has 1 N–H and O–H groups in total. The first-order valence-electron chi connectivity index (χ1n) is 20.5. The van der Waals surface area contributed by atoms with Crippen LogP contribution in [0.4, 0.5) is 22.7 Å². The zero-order chi connectivity index (χ0) is 39.2. The third-order valence-electron chi connectivity index (χ3n) is 12.2. The Morgan fingerprint density at radius 1 is 0.542 bits per heavy atom. The number of para-hydroxylation sites is 4. The Hall–Kier alpha value is -7.49. The molecule has 59 heavy (non-hydrogen) atoms. The highest BCUT2D eigenvalue weighted by Crippen LogP contribution is 2.62. The van der Waals surface area contributed by atoms with E-state index >= 15 is 0 Å². The molecule has 2 aliphatic heterocycles. The smallest absolute Gasteiger partial charge is 0.0901 e. The number of hydrogen-bond donors (Lipinski definition) is 1. The van der Waals surface area contributed by atoms with Crippen molar-refractivity contribution >= 4 is 34.5 Å². The van der Waals surface area contributed by atoms with Crippen LogP contribution in [0.3, 0.4) is 0 Å². The Balaban J connectivity index is 0.955. The van der Waals surface area contributed by atoms with Crippen molar-refractivity contribution in [2.45, 2.75) is 11.8 Å². The predicted molar refractivity (Wildman–Crippen MR) is 245 cm³/mol. The number of aliphatic imine (C=N–C) groups is 1. The van der Waals surface area contributed by atoms with Crippen molar-refractivity contribution in [3.8, 4) is 22.3 Å². The molecule has 8 aromatic carbocycles. The minimum Gasteiger partial charge on any atom is -0.383 e. The van der Waals surface area contributed by atoms with Crippen LogP contribution in [0.5, 0.6) is 0 Å². The van der Waals surface area contributed by atoms with Crippen LogP contribution in [0.25, 0.3) is 27.8 Å². The fourth-order valence-corrected chi connectivity index (χ4v) is 9.54. The first-order valence-corrected chi connectivity index (χ1v) is 20.5. The summed E-state index contributed by atoms with van der Waals surface area (Å²) in [6.07, 6.45) is 7.41. The highest BCUT2D eigenvalue weighted by atomic mass is 15.2. The number of dihydropyridines is 1. The molecule has 2 heterocycles. The van der Waals surface area contributed by atoms with Crippen molar-refractivity contribution in [2.24, 2.45) is 4.99 Å². The molecular formula is C56H41N3. The van der Waals surface area contributed by atoms with Gasteiger partial charge < -0.3 is 10.2 Å². The van der Waals surface area contributed by atoms with Crippen LogP contribution < -0.4 is 10.2 Å². The van der Waals surface area contributed by atoms with Gasteiger partial charge in [-0.3, -0.25) is 4.99 Å². The van der Waals surface area contributed by atoms with Crippen LogP contribution in [0.1, 0.15) is 38.9 Å². The molecule has 0 atom stereocenters. The third kappa shape index (κ3) is 5.85. The molecule has 0 unspecified atom stereocenters. The van der Waals surface area contributed by atoms with Crippen LogP contribution in [0.2, 0.25) is 0 Å².